The quantitative estimate of drug-likeness (QED) is 0.752. The number of unbranched alkanes of at least 4 members (excludes halogenated alkanes) is 1. The third kappa shape index (κ3) is 3.60. The predicted octanol–water partition coefficient (Wildman–Crippen LogP) is 2.76. The first-order chi connectivity index (χ1) is 12.1. The van der Waals surface area contributed by atoms with Gasteiger partial charge in [-0.05, 0) is 36.2 Å². The Hall–Kier alpha value is -2.95. The molecule has 1 heterocycles. The second kappa shape index (κ2) is 7.30. The molecule has 2 N–H and O–H groups in total. The maximum atomic E-state index is 13.0. The van der Waals surface area contributed by atoms with Crippen LogP contribution in [0.3, 0.4) is 0 Å². The number of nitrogens with two attached hydrogens (primary N) is 1. The van der Waals surface area contributed by atoms with E-state index in [1.54, 1.807) is 10.6 Å². The summed E-state index contributed by atoms with van der Waals surface area (Å²) in [5.41, 5.74) is 7.47. The third-order valence-electron chi connectivity index (χ3n) is 4.17. The minimum atomic E-state index is -0.374. The van der Waals surface area contributed by atoms with E-state index in [2.05, 4.69) is 6.92 Å². The fraction of sp³-hybridized carbons (Fsp3) is 0.250. The molecule has 0 saturated carbocycles. The molecule has 0 aliphatic heterocycles. The summed E-state index contributed by atoms with van der Waals surface area (Å²) in [6.07, 6.45) is 2.91. The number of hydrogen-bond acceptors (Lipinski definition) is 3. The Kier molecular flexibility index (Phi) is 4.93. The molecule has 0 saturated heterocycles. The number of benzene rings is 2. The molecule has 0 spiro atoms. The smallest absolute Gasteiger partial charge is 0.265 e. The highest BCUT2D eigenvalue weighted by molar-refractivity contribution is 5.78. The van der Waals surface area contributed by atoms with Gasteiger partial charge in [0.25, 0.3) is 5.56 Å². The number of primary amides is 1. The molecule has 0 aliphatic rings. The van der Waals surface area contributed by atoms with Gasteiger partial charge >= 0.3 is 0 Å². The van der Waals surface area contributed by atoms with Crippen LogP contribution in [0.1, 0.15) is 31.2 Å². The average molecular weight is 335 g/mol. The number of aryl methyl sites for hydroxylation is 1. The summed E-state index contributed by atoms with van der Waals surface area (Å²) in [4.78, 5) is 28.8. The van der Waals surface area contributed by atoms with Crippen LogP contribution in [0, 0.1) is 0 Å². The summed E-state index contributed by atoms with van der Waals surface area (Å²) >= 11 is 0. The van der Waals surface area contributed by atoms with Crippen molar-refractivity contribution in [1.29, 1.82) is 0 Å². The fourth-order valence-electron chi connectivity index (χ4n) is 2.91. The Morgan fingerprint density at radius 2 is 1.84 bits per heavy atom. The van der Waals surface area contributed by atoms with Crippen molar-refractivity contribution in [2.24, 2.45) is 5.73 Å². The van der Waals surface area contributed by atoms with Crippen molar-refractivity contribution in [2.75, 3.05) is 0 Å². The Morgan fingerprint density at radius 1 is 1.12 bits per heavy atom. The summed E-state index contributed by atoms with van der Waals surface area (Å²) < 4.78 is 1.67. The van der Waals surface area contributed by atoms with E-state index in [1.807, 2.05) is 42.5 Å². The Labute approximate surface area is 146 Å². The van der Waals surface area contributed by atoms with E-state index in [-0.39, 0.29) is 17.9 Å². The van der Waals surface area contributed by atoms with Crippen LogP contribution >= 0.6 is 0 Å². The molecule has 0 bridgehead atoms. The zero-order valence-electron chi connectivity index (χ0n) is 14.2. The Bertz CT molecular complexity index is 959. The van der Waals surface area contributed by atoms with Gasteiger partial charge in [0.15, 0.2) is 0 Å². The number of carbonyl (C=O) groups excluding carboxylic acids is 1. The molecule has 3 aromatic rings. The van der Waals surface area contributed by atoms with Gasteiger partial charge in [-0.2, -0.15) is 0 Å². The number of hydrogen-bond donors (Lipinski definition) is 1. The van der Waals surface area contributed by atoms with Gasteiger partial charge in [0.1, 0.15) is 5.82 Å². The number of amides is 1. The zero-order valence-corrected chi connectivity index (χ0v) is 14.2. The minimum absolute atomic E-state index is 0.0700. The molecule has 0 unspecified atom stereocenters. The van der Waals surface area contributed by atoms with Gasteiger partial charge in [-0.25, -0.2) is 4.98 Å². The lowest BCUT2D eigenvalue weighted by Gasteiger charge is -2.14. The monoisotopic (exact) mass is 335 g/mol. The zero-order chi connectivity index (χ0) is 17.8. The van der Waals surface area contributed by atoms with Crippen LogP contribution in [0.25, 0.3) is 16.6 Å². The number of fused-ring (bicyclic) bond motifs is 1. The second-order valence-corrected chi connectivity index (χ2v) is 6.10. The summed E-state index contributed by atoms with van der Waals surface area (Å²) in [5, 5.41) is 0.601. The third-order valence-corrected chi connectivity index (χ3v) is 4.17. The van der Waals surface area contributed by atoms with E-state index in [9.17, 15) is 9.59 Å². The van der Waals surface area contributed by atoms with Gasteiger partial charge in [-0.15, -0.1) is 0 Å². The van der Waals surface area contributed by atoms with Crippen molar-refractivity contribution < 1.29 is 4.79 Å². The van der Waals surface area contributed by atoms with Gasteiger partial charge in [0.2, 0.25) is 5.91 Å². The van der Waals surface area contributed by atoms with E-state index in [0.717, 1.165) is 41.9 Å². The molecule has 0 fully saturated rings. The van der Waals surface area contributed by atoms with Gasteiger partial charge in [0, 0.05) is 6.42 Å². The molecular weight excluding hydrogens is 314 g/mol. The van der Waals surface area contributed by atoms with Crippen LogP contribution in [0.2, 0.25) is 0 Å². The highest BCUT2D eigenvalue weighted by Crippen LogP contribution is 2.15. The largest absolute Gasteiger partial charge is 0.369 e. The lowest BCUT2D eigenvalue weighted by Crippen LogP contribution is -2.24. The topological polar surface area (TPSA) is 78.0 Å². The van der Waals surface area contributed by atoms with Gasteiger partial charge < -0.3 is 5.73 Å². The number of carbonyl (C=O) groups is 1. The van der Waals surface area contributed by atoms with Crippen LogP contribution in [-0.2, 0) is 17.6 Å². The van der Waals surface area contributed by atoms with Gasteiger partial charge in [-0.3, -0.25) is 14.2 Å². The molecule has 2 aromatic carbocycles. The van der Waals surface area contributed by atoms with E-state index >= 15 is 0 Å². The first-order valence-electron chi connectivity index (χ1n) is 8.48. The molecule has 1 amide bonds. The van der Waals surface area contributed by atoms with Crippen molar-refractivity contribution in [3.8, 4) is 5.69 Å². The predicted molar refractivity (Wildman–Crippen MR) is 98.9 cm³/mol. The number of para-hydroxylation sites is 1. The van der Waals surface area contributed by atoms with Gasteiger partial charge in [0.05, 0.1) is 23.0 Å². The molecule has 0 aliphatic carbocycles. The first kappa shape index (κ1) is 16.9. The highest BCUT2D eigenvalue weighted by atomic mass is 16.1. The molecule has 0 radical (unpaired) electrons. The number of rotatable bonds is 6. The lowest BCUT2D eigenvalue weighted by atomic mass is 10.1. The van der Waals surface area contributed by atoms with Crippen LogP contribution in [-0.4, -0.2) is 15.5 Å². The van der Waals surface area contributed by atoms with Crippen LogP contribution in [0.4, 0.5) is 0 Å². The molecule has 25 heavy (non-hydrogen) atoms. The van der Waals surface area contributed by atoms with Crippen molar-refractivity contribution in [3.05, 3.63) is 70.3 Å². The van der Waals surface area contributed by atoms with E-state index in [1.165, 1.54) is 0 Å². The summed E-state index contributed by atoms with van der Waals surface area (Å²) in [6.45, 7) is 2.11. The summed E-state index contributed by atoms with van der Waals surface area (Å²) in [7, 11) is 0. The summed E-state index contributed by atoms with van der Waals surface area (Å²) in [6, 6.07) is 14.7. The standard InChI is InChI=1S/C20H21N3O2/c1-2-3-8-19-22-17-7-5-4-6-16(17)20(25)23(19)15-11-9-14(10-12-15)13-18(21)24/h4-7,9-12H,2-3,8,13H2,1H3,(H2,21,24). The second-order valence-electron chi connectivity index (χ2n) is 6.10. The molecule has 3 rings (SSSR count). The fourth-order valence-corrected chi connectivity index (χ4v) is 2.91. The van der Waals surface area contributed by atoms with Crippen molar-refractivity contribution >= 4 is 16.8 Å². The molecular formula is C20H21N3O2. The first-order valence-corrected chi connectivity index (χ1v) is 8.48. The maximum absolute atomic E-state index is 13.0. The molecule has 1 aromatic heterocycles. The lowest BCUT2D eigenvalue weighted by molar-refractivity contribution is -0.117. The van der Waals surface area contributed by atoms with Gasteiger partial charge in [-0.1, -0.05) is 37.6 Å². The minimum Gasteiger partial charge on any atom is -0.369 e. The van der Waals surface area contributed by atoms with Crippen molar-refractivity contribution in [2.45, 2.75) is 32.6 Å². The van der Waals surface area contributed by atoms with Crippen LogP contribution < -0.4 is 11.3 Å². The van der Waals surface area contributed by atoms with E-state index < -0.39 is 0 Å². The SMILES string of the molecule is CCCCc1nc2ccccc2c(=O)n1-c1ccc(CC(N)=O)cc1. The Balaban J connectivity index is 2.14. The number of aromatic nitrogens is 2. The van der Waals surface area contributed by atoms with E-state index in [0.29, 0.717) is 5.39 Å². The van der Waals surface area contributed by atoms with Crippen molar-refractivity contribution in [3.63, 3.8) is 0 Å². The van der Waals surface area contributed by atoms with Crippen molar-refractivity contribution in [1.82, 2.24) is 9.55 Å². The van der Waals surface area contributed by atoms with Crippen LogP contribution in [0.5, 0.6) is 0 Å². The summed E-state index contributed by atoms with van der Waals surface area (Å²) in [5.74, 6) is 0.383. The molecule has 5 heteroatoms. The normalized spacial score (nSPS) is 10.9. The van der Waals surface area contributed by atoms with Crippen LogP contribution in [0.15, 0.2) is 53.3 Å². The average Bonchev–Trinajstić information content (AvgIpc) is 2.60. The maximum Gasteiger partial charge on any atom is 0.265 e. The van der Waals surface area contributed by atoms with E-state index in [4.69, 9.17) is 10.7 Å². The molecule has 5 nitrogen and oxygen atoms in total. The Morgan fingerprint density at radius 3 is 2.52 bits per heavy atom. The molecule has 0 atom stereocenters. The molecule has 128 valence electrons. The number of nitrogens with zero attached hydrogens (tertiary/aromatic N) is 2. The highest BCUT2D eigenvalue weighted by Gasteiger charge is 2.12.